The molecule has 0 spiro atoms. The highest BCUT2D eigenvalue weighted by atomic mass is 127. The second kappa shape index (κ2) is 7.49. The fourth-order valence-electron chi connectivity index (χ4n) is 1.94. The lowest BCUT2D eigenvalue weighted by atomic mass is 10.1. The van der Waals surface area contributed by atoms with Gasteiger partial charge < -0.3 is 10.4 Å². The van der Waals surface area contributed by atoms with E-state index < -0.39 is 29.6 Å². The number of rotatable bonds is 5. The van der Waals surface area contributed by atoms with Gasteiger partial charge in [-0.1, -0.05) is 12.1 Å². The fraction of sp³-hybridized carbons (Fsp3) is 0.125. The fourth-order valence-corrected chi connectivity index (χ4v) is 2.29. The largest absolute Gasteiger partial charge is 0.480 e. The van der Waals surface area contributed by atoms with Gasteiger partial charge in [0, 0.05) is 15.6 Å². The molecule has 120 valence electrons. The van der Waals surface area contributed by atoms with Crippen LogP contribution in [-0.4, -0.2) is 23.0 Å². The number of hydrogen-bond donors (Lipinski definition) is 2. The van der Waals surface area contributed by atoms with Gasteiger partial charge in [0.25, 0.3) is 5.91 Å². The quantitative estimate of drug-likeness (QED) is 0.716. The number of nitrogens with one attached hydrogen (secondary N) is 1. The minimum Gasteiger partial charge on any atom is -0.480 e. The van der Waals surface area contributed by atoms with Crippen molar-refractivity contribution < 1.29 is 23.5 Å². The first-order chi connectivity index (χ1) is 10.9. The second-order valence-corrected chi connectivity index (χ2v) is 6.07. The lowest BCUT2D eigenvalue weighted by Crippen LogP contribution is -2.42. The Morgan fingerprint density at radius 3 is 2.30 bits per heavy atom. The van der Waals surface area contributed by atoms with Gasteiger partial charge in [-0.15, -0.1) is 0 Å². The van der Waals surface area contributed by atoms with Crippen LogP contribution >= 0.6 is 22.6 Å². The summed E-state index contributed by atoms with van der Waals surface area (Å²) in [5.41, 5.74) is 0.598. The third-order valence-electron chi connectivity index (χ3n) is 3.14. The van der Waals surface area contributed by atoms with Crippen molar-refractivity contribution in [3.63, 3.8) is 0 Å². The molecule has 2 N–H and O–H groups in total. The normalized spacial score (nSPS) is 11.8. The highest BCUT2D eigenvalue weighted by Gasteiger charge is 2.21. The van der Waals surface area contributed by atoms with Gasteiger partial charge in [0.15, 0.2) is 11.6 Å². The van der Waals surface area contributed by atoms with Crippen LogP contribution in [0.25, 0.3) is 0 Å². The molecule has 0 aliphatic carbocycles. The van der Waals surface area contributed by atoms with Gasteiger partial charge in [0.1, 0.15) is 6.04 Å². The molecule has 4 nitrogen and oxygen atoms in total. The first-order valence-electron chi connectivity index (χ1n) is 6.60. The molecular weight excluding hydrogens is 419 g/mol. The number of amides is 1. The molecule has 0 aliphatic heterocycles. The van der Waals surface area contributed by atoms with E-state index in [2.05, 4.69) is 27.9 Å². The molecule has 0 fully saturated rings. The predicted molar refractivity (Wildman–Crippen MR) is 88.1 cm³/mol. The van der Waals surface area contributed by atoms with E-state index in [0.29, 0.717) is 0 Å². The molecule has 0 bridgehead atoms. The van der Waals surface area contributed by atoms with Gasteiger partial charge in [-0.2, -0.15) is 0 Å². The zero-order valence-corrected chi connectivity index (χ0v) is 13.9. The Bertz CT molecular complexity index is 735. The minimum atomic E-state index is -1.21. The lowest BCUT2D eigenvalue weighted by Gasteiger charge is -2.15. The molecule has 0 saturated heterocycles. The summed E-state index contributed by atoms with van der Waals surface area (Å²) in [6.45, 7) is 0. The van der Waals surface area contributed by atoms with Crippen LogP contribution in [0.1, 0.15) is 15.9 Å². The van der Waals surface area contributed by atoms with Crippen LogP contribution in [-0.2, 0) is 11.2 Å². The third-order valence-corrected chi connectivity index (χ3v) is 3.86. The van der Waals surface area contributed by atoms with Gasteiger partial charge >= 0.3 is 5.97 Å². The topological polar surface area (TPSA) is 66.4 Å². The molecule has 1 atom stereocenters. The first kappa shape index (κ1) is 17.3. The SMILES string of the molecule is O=C(N[C@@H](Cc1ccc(I)cc1)C(=O)O)c1ccc(F)c(F)c1. The number of aliphatic carboxylic acids is 1. The van der Waals surface area contributed by atoms with Crippen LogP contribution in [0.4, 0.5) is 8.78 Å². The van der Waals surface area contributed by atoms with Crippen LogP contribution in [0.3, 0.4) is 0 Å². The number of carboxylic acids is 1. The van der Waals surface area contributed by atoms with Crippen molar-refractivity contribution in [3.8, 4) is 0 Å². The zero-order chi connectivity index (χ0) is 17.0. The molecule has 2 rings (SSSR count). The Balaban J connectivity index is 2.12. The smallest absolute Gasteiger partial charge is 0.326 e. The van der Waals surface area contributed by atoms with Gasteiger partial charge in [0.05, 0.1) is 0 Å². The Hall–Kier alpha value is -2.03. The van der Waals surface area contributed by atoms with Crippen LogP contribution in [0.15, 0.2) is 42.5 Å². The summed E-state index contributed by atoms with van der Waals surface area (Å²) >= 11 is 2.12. The number of hydrogen-bond acceptors (Lipinski definition) is 2. The Kier molecular flexibility index (Phi) is 5.64. The minimum absolute atomic E-state index is 0.0850. The molecular formula is C16H12F2INO3. The van der Waals surface area contributed by atoms with E-state index in [-0.39, 0.29) is 12.0 Å². The highest BCUT2D eigenvalue weighted by molar-refractivity contribution is 14.1. The van der Waals surface area contributed by atoms with E-state index in [0.717, 1.165) is 27.3 Å². The number of carbonyl (C=O) groups excluding carboxylic acids is 1. The van der Waals surface area contributed by atoms with E-state index >= 15 is 0 Å². The van der Waals surface area contributed by atoms with Crippen molar-refractivity contribution in [2.45, 2.75) is 12.5 Å². The van der Waals surface area contributed by atoms with E-state index in [4.69, 9.17) is 0 Å². The van der Waals surface area contributed by atoms with E-state index in [1.54, 1.807) is 12.1 Å². The van der Waals surface area contributed by atoms with Crippen LogP contribution in [0, 0.1) is 15.2 Å². The van der Waals surface area contributed by atoms with Crippen molar-refractivity contribution in [2.75, 3.05) is 0 Å². The van der Waals surface area contributed by atoms with Crippen LogP contribution in [0.5, 0.6) is 0 Å². The molecule has 0 radical (unpaired) electrons. The van der Waals surface area contributed by atoms with Crippen molar-refractivity contribution >= 4 is 34.5 Å². The Morgan fingerprint density at radius 1 is 1.09 bits per heavy atom. The number of halogens is 3. The van der Waals surface area contributed by atoms with E-state index in [1.807, 2.05) is 12.1 Å². The molecule has 0 aromatic heterocycles. The summed E-state index contributed by atoms with van der Waals surface area (Å²) in [5.74, 6) is -4.22. The van der Waals surface area contributed by atoms with E-state index in [1.165, 1.54) is 0 Å². The zero-order valence-electron chi connectivity index (χ0n) is 11.7. The summed E-state index contributed by atoms with van der Waals surface area (Å²) in [5, 5.41) is 11.5. The number of benzene rings is 2. The molecule has 1 amide bonds. The first-order valence-corrected chi connectivity index (χ1v) is 7.68. The summed E-state index contributed by atoms with van der Waals surface area (Å²) in [4.78, 5) is 23.3. The van der Waals surface area contributed by atoms with Crippen LogP contribution < -0.4 is 5.32 Å². The summed E-state index contributed by atoms with van der Waals surface area (Å²) in [6, 6.07) is 8.65. The Morgan fingerprint density at radius 2 is 1.74 bits per heavy atom. The van der Waals surface area contributed by atoms with Gasteiger partial charge in [-0.3, -0.25) is 4.79 Å². The molecule has 23 heavy (non-hydrogen) atoms. The van der Waals surface area contributed by atoms with Crippen molar-refractivity contribution in [1.29, 1.82) is 0 Å². The molecule has 2 aromatic rings. The standard InChI is InChI=1S/C16H12F2INO3/c17-12-6-3-10(8-13(12)18)15(21)20-14(16(22)23)7-9-1-4-11(19)5-2-9/h1-6,8,14H,7H2,(H,20,21)(H,22,23)/t14-/m0/s1. The lowest BCUT2D eigenvalue weighted by molar-refractivity contribution is -0.139. The van der Waals surface area contributed by atoms with Crippen molar-refractivity contribution in [1.82, 2.24) is 5.32 Å². The van der Waals surface area contributed by atoms with E-state index in [9.17, 15) is 23.5 Å². The maximum absolute atomic E-state index is 13.1. The van der Waals surface area contributed by atoms with Gasteiger partial charge in [0.2, 0.25) is 0 Å². The summed E-state index contributed by atoms with van der Waals surface area (Å²) < 4.78 is 27.0. The maximum atomic E-state index is 13.1. The van der Waals surface area contributed by atoms with Gasteiger partial charge in [-0.05, 0) is 58.5 Å². The van der Waals surface area contributed by atoms with Crippen molar-refractivity contribution in [3.05, 3.63) is 68.8 Å². The molecule has 0 saturated carbocycles. The molecule has 0 aliphatic rings. The average molecular weight is 431 g/mol. The summed E-state index contributed by atoms with van der Waals surface area (Å²) in [6.07, 6.45) is 0.0850. The number of carbonyl (C=O) groups is 2. The predicted octanol–water partition coefficient (Wildman–Crippen LogP) is 3.00. The third kappa shape index (κ3) is 4.72. The average Bonchev–Trinajstić information content (AvgIpc) is 2.51. The molecule has 2 aromatic carbocycles. The maximum Gasteiger partial charge on any atom is 0.326 e. The van der Waals surface area contributed by atoms with Crippen LogP contribution in [0.2, 0.25) is 0 Å². The molecule has 0 heterocycles. The Labute approximate surface area is 144 Å². The number of carboxylic acid groups (broad SMARTS) is 1. The monoisotopic (exact) mass is 431 g/mol. The highest BCUT2D eigenvalue weighted by Crippen LogP contribution is 2.11. The van der Waals surface area contributed by atoms with Crippen molar-refractivity contribution in [2.24, 2.45) is 0 Å². The molecule has 7 heteroatoms. The molecule has 0 unspecified atom stereocenters. The summed E-state index contributed by atoms with van der Waals surface area (Å²) in [7, 11) is 0. The van der Waals surface area contributed by atoms with Gasteiger partial charge in [-0.25, -0.2) is 13.6 Å². The second-order valence-electron chi connectivity index (χ2n) is 4.82.